The normalized spacial score (nSPS) is 12.0. The number of aliphatic hydroxyl groups is 1. The van der Waals surface area contributed by atoms with Crippen LogP contribution < -0.4 is 0 Å². The molecule has 0 aliphatic carbocycles. The van der Waals surface area contributed by atoms with Crippen LogP contribution in [-0.4, -0.2) is 15.9 Å². The van der Waals surface area contributed by atoms with Gasteiger partial charge in [-0.15, -0.1) is 35.4 Å². The Balaban J connectivity index is 0.000000346. The number of aliphatic hydroxyl groups excluding tert-OH is 1. The number of carbonyl (C=O) groups excluding carboxylic acids is 1. The fraction of sp³-hybridized carbons (Fsp3) is 0.379. The third-order valence-electron chi connectivity index (χ3n) is 5.27. The minimum atomic E-state index is -0.417. The molecule has 3 aromatic rings. The minimum absolute atomic E-state index is 0. The summed E-state index contributed by atoms with van der Waals surface area (Å²) in [7, 11) is 0. The topological polar surface area (TPSA) is 50.2 Å². The molecule has 2 aromatic carbocycles. The fourth-order valence-corrected chi connectivity index (χ4v) is 2.99. The van der Waals surface area contributed by atoms with Crippen LogP contribution in [0.4, 0.5) is 0 Å². The summed E-state index contributed by atoms with van der Waals surface area (Å²) in [5.74, 6) is 0.104. The van der Waals surface area contributed by atoms with Gasteiger partial charge in [-0.1, -0.05) is 66.7 Å². The Bertz CT molecular complexity index is 1150. The molecule has 0 aliphatic heterocycles. The van der Waals surface area contributed by atoms with Crippen molar-refractivity contribution in [3.63, 3.8) is 0 Å². The van der Waals surface area contributed by atoms with Gasteiger partial charge >= 0.3 is 0 Å². The third-order valence-corrected chi connectivity index (χ3v) is 5.27. The Labute approximate surface area is 212 Å². The molecule has 1 aromatic heterocycles. The maximum absolute atomic E-state index is 11.5. The van der Waals surface area contributed by atoms with Crippen molar-refractivity contribution in [2.24, 2.45) is 10.8 Å². The van der Waals surface area contributed by atoms with Gasteiger partial charge in [0.2, 0.25) is 0 Å². The van der Waals surface area contributed by atoms with Gasteiger partial charge in [0.05, 0.1) is 5.52 Å². The molecule has 33 heavy (non-hydrogen) atoms. The van der Waals surface area contributed by atoms with E-state index in [9.17, 15) is 9.90 Å². The number of aryl methyl sites for hydroxylation is 3. The number of benzene rings is 2. The van der Waals surface area contributed by atoms with E-state index in [0.717, 1.165) is 16.8 Å². The molecule has 3 rings (SSSR count). The van der Waals surface area contributed by atoms with Crippen LogP contribution >= 0.6 is 0 Å². The van der Waals surface area contributed by atoms with E-state index in [0.29, 0.717) is 0 Å². The van der Waals surface area contributed by atoms with Gasteiger partial charge in [-0.2, -0.15) is 0 Å². The van der Waals surface area contributed by atoms with Crippen molar-refractivity contribution < 1.29 is 30.0 Å². The second kappa shape index (κ2) is 11.2. The Kier molecular flexibility index (Phi) is 9.78. The van der Waals surface area contributed by atoms with E-state index in [-0.39, 0.29) is 37.1 Å². The molecule has 1 heterocycles. The summed E-state index contributed by atoms with van der Waals surface area (Å²) in [4.78, 5) is 16.3. The number of hydrogen-bond acceptors (Lipinski definition) is 3. The van der Waals surface area contributed by atoms with Crippen molar-refractivity contribution in [3.8, 4) is 11.3 Å². The van der Waals surface area contributed by atoms with Gasteiger partial charge in [-0.25, -0.2) is 0 Å². The van der Waals surface area contributed by atoms with Gasteiger partial charge in [0, 0.05) is 42.4 Å². The molecule has 0 unspecified atom stereocenters. The molecule has 0 bridgehead atoms. The first-order valence-corrected chi connectivity index (χ1v) is 11.0. The van der Waals surface area contributed by atoms with E-state index in [1.54, 1.807) is 0 Å². The standard InChI is InChI=1S/C18H16N.C11H20O2.Ir/c1-12-8-9-16-14(3)11-18(19-17(16)10-12)15-7-5-4-6-13(15)2;1-10(2,3)8(12)7-9(13)11(4,5)6;/h4-6,8-11H,1-3H3;7,12H,1-6H3;/q-1;;/b;8-7-;. The van der Waals surface area contributed by atoms with Gasteiger partial charge in [0.25, 0.3) is 0 Å². The molecule has 1 radical (unpaired) electrons. The predicted molar refractivity (Wildman–Crippen MR) is 135 cm³/mol. The zero-order valence-electron chi connectivity index (χ0n) is 21.3. The van der Waals surface area contributed by atoms with Crippen LogP contribution in [-0.2, 0) is 24.9 Å². The number of aromatic nitrogens is 1. The van der Waals surface area contributed by atoms with Crippen molar-refractivity contribution in [2.75, 3.05) is 0 Å². The van der Waals surface area contributed by atoms with Gasteiger partial charge < -0.3 is 5.11 Å². The van der Waals surface area contributed by atoms with Crippen molar-refractivity contribution in [3.05, 3.63) is 77.1 Å². The van der Waals surface area contributed by atoms with E-state index in [1.807, 2.05) is 53.7 Å². The largest absolute Gasteiger partial charge is 0.512 e. The summed E-state index contributed by atoms with van der Waals surface area (Å²) in [5.41, 5.74) is 6.11. The molecule has 0 saturated heterocycles. The number of rotatable bonds is 2. The summed E-state index contributed by atoms with van der Waals surface area (Å²) in [6, 6.07) is 17.9. The predicted octanol–water partition coefficient (Wildman–Crippen LogP) is 7.71. The second-order valence-electron chi connectivity index (χ2n) is 10.5. The molecule has 4 heteroatoms. The van der Waals surface area contributed by atoms with Crippen molar-refractivity contribution in [1.82, 2.24) is 4.98 Å². The van der Waals surface area contributed by atoms with Gasteiger partial charge in [-0.05, 0) is 36.7 Å². The first-order valence-electron chi connectivity index (χ1n) is 11.0. The quantitative estimate of drug-likeness (QED) is 0.181. The molecule has 0 fully saturated rings. The summed E-state index contributed by atoms with van der Waals surface area (Å²) in [5, 5.41) is 10.8. The van der Waals surface area contributed by atoms with E-state index < -0.39 is 5.41 Å². The molecule has 179 valence electrons. The van der Waals surface area contributed by atoms with E-state index in [2.05, 4.69) is 57.2 Å². The Morgan fingerprint density at radius 1 is 0.939 bits per heavy atom. The molecule has 1 N–H and O–H groups in total. The summed E-state index contributed by atoms with van der Waals surface area (Å²) in [6.07, 6.45) is 1.33. The summed E-state index contributed by atoms with van der Waals surface area (Å²) < 4.78 is 0. The number of fused-ring (bicyclic) bond motifs is 1. The zero-order chi connectivity index (χ0) is 24.3. The van der Waals surface area contributed by atoms with Gasteiger partial charge in [0.1, 0.15) is 5.76 Å². The summed E-state index contributed by atoms with van der Waals surface area (Å²) >= 11 is 0. The van der Waals surface area contributed by atoms with Crippen LogP contribution in [0.1, 0.15) is 58.2 Å². The molecule has 0 atom stereocenters. The molecule has 0 aliphatic rings. The second-order valence-corrected chi connectivity index (χ2v) is 10.5. The monoisotopic (exact) mass is 623 g/mol. The van der Waals surface area contributed by atoms with Crippen LogP contribution in [0.3, 0.4) is 0 Å². The van der Waals surface area contributed by atoms with Crippen molar-refractivity contribution in [1.29, 1.82) is 0 Å². The average molecular weight is 623 g/mol. The maximum Gasteiger partial charge on any atom is 0.164 e. The average Bonchev–Trinajstić information content (AvgIpc) is 2.67. The van der Waals surface area contributed by atoms with Crippen molar-refractivity contribution >= 4 is 16.7 Å². The van der Waals surface area contributed by atoms with Crippen molar-refractivity contribution in [2.45, 2.75) is 62.3 Å². The number of allylic oxidation sites excluding steroid dienone is 2. The third kappa shape index (κ3) is 7.91. The maximum atomic E-state index is 11.5. The summed E-state index contributed by atoms with van der Waals surface area (Å²) in [6.45, 7) is 17.5. The van der Waals surface area contributed by atoms with Crippen LogP contribution in [0.15, 0.2) is 54.3 Å². The van der Waals surface area contributed by atoms with Gasteiger partial charge in [0.15, 0.2) is 5.78 Å². The van der Waals surface area contributed by atoms with Gasteiger partial charge in [-0.3, -0.25) is 9.78 Å². The molecule has 0 spiro atoms. The van der Waals surface area contributed by atoms with E-state index in [4.69, 9.17) is 4.98 Å². The smallest absolute Gasteiger partial charge is 0.164 e. The van der Waals surface area contributed by atoms with Crippen LogP contribution in [0.5, 0.6) is 0 Å². The number of ketones is 1. The molecule has 3 nitrogen and oxygen atoms in total. The molecular formula is C29H36IrNO2-. The SMILES string of the molecule is CC(C)(C)C(=O)/C=C(\O)C(C)(C)C.Cc1ccc2c(C)cc(-c3[c-]cccc3C)nc2c1.[Ir]. The minimum Gasteiger partial charge on any atom is -0.512 e. The number of carbonyl (C=O) groups is 1. The zero-order valence-corrected chi connectivity index (χ0v) is 23.6. The number of nitrogens with zero attached hydrogens (tertiary/aromatic N) is 1. The van der Waals surface area contributed by atoms with Crippen LogP contribution in [0.2, 0.25) is 0 Å². The Hall–Kier alpha value is -2.29. The number of hydrogen-bond donors (Lipinski definition) is 1. The number of pyridine rings is 1. The van der Waals surface area contributed by atoms with Crippen LogP contribution in [0, 0.1) is 37.7 Å². The molecular weight excluding hydrogens is 587 g/mol. The molecule has 0 saturated carbocycles. The van der Waals surface area contributed by atoms with E-state index in [1.165, 1.54) is 28.2 Å². The Morgan fingerprint density at radius 3 is 2.12 bits per heavy atom. The Morgan fingerprint density at radius 2 is 1.58 bits per heavy atom. The van der Waals surface area contributed by atoms with E-state index >= 15 is 0 Å². The first-order chi connectivity index (χ1) is 14.7. The van der Waals surface area contributed by atoms with Crippen LogP contribution in [0.25, 0.3) is 22.2 Å². The molecule has 0 amide bonds. The fourth-order valence-electron chi connectivity index (χ4n) is 2.99. The first kappa shape index (κ1) is 28.7.